The van der Waals surface area contributed by atoms with Gasteiger partial charge < -0.3 is 10.2 Å². The molecule has 106 valence electrons. The van der Waals surface area contributed by atoms with Crippen molar-refractivity contribution in [3.05, 3.63) is 34.3 Å². The highest BCUT2D eigenvalue weighted by Crippen LogP contribution is 2.21. The van der Waals surface area contributed by atoms with Crippen molar-refractivity contribution in [3.63, 3.8) is 0 Å². The van der Waals surface area contributed by atoms with Crippen LogP contribution in [0.3, 0.4) is 0 Å². The molecule has 0 aliphatic carbocycles. The van der Waals surface area contributed by atoms with Gasteiger partial charge in [-0.15, -0.1) is 0 Å². The molecule has 0 aliphatic heterocycles. The molecule has 19 heavy (non-hydrogen) atoms. The van der Waals surface area contributed by atoms with Crippen molar-refractivity contribution < 1.29 is 15.0 Å². The minimum absolute atomic E-state index is 0.195. The predicted molar refractivity (Wildman–Crippen MR) is 78.3 cm³/mol. The third-order valence-electron chi connectivity index (χ3n) is 2.89. The fourth-order valence-corrected chi connectivity index (χ4v) is 2.39. The first-order chi connectivity index (χ1) is 8.75. The van der Waals surface area contributed by atoms with E-state index in [0.29, 0.717) is 6.42 Å². The van der Waals surface area contributed by atoms with Gasteiger partial charge >= 0.3 is 6.09 Å². The van der Waals surface area contributed by atoms with Gasteiger partial charge in [0.05, 0.1) is 12.6 Å². The van der Waals surface area contributed by atoms with Crippen molar-refractivity contribution in [3.8, 4) is 0 Å². The summed E-state index contributed by atoms with van der Waals surface area (Å²) in [7, 11) is 0. The van der Waals surface area contributed by atoms with Gasteiger partial charge in [0.1, 0.15) is 0 Å². The molecule has 0 aliphatic rings. The molecule has 0 saturated heterocycles. The molecule has 0 bridgehead atoms. The van der Waals surface area contributed by atoms with Gasteiger partial charge in [-0.1, -0.05) is 28.1 Å². The molecule has 4 nitrogen and oxygen atoms in total. The Morgan fingerprint density at radius 1 is 1.32 bits per heavy atom. The number of amides is 1. The van der Waals surface area contributed by atoms with E-state index >= 15 is 0 Å². The average molecular weight is 330 g/mol. The van der Waals surface area contributed by atoms with Crippen molar-refractivity contribution in [1.82, 2.24) is 4.90 Å². The Morgan fingerprint density at radius 3 is 2.21 bits per heavy atom. The SMILES string of the molecule is CC(C)(C)N(C(=O)O)[C@H](CO)Cc1ccc(Br)cc1. The fourth-order valence-electron chi connectivity index (χ4n) is 2.12. The van der Waals surface area contributed by atoms with Crippen molar-refractivity contribution in [2.75, 3.05) is 6.61 Å². The molecule has 5 heteroatoms. The Bertz CT molecular complexity index is 425. The second-order valence-electron chi connectivity index (χ2n) is 5.49. The second kappa shape index (κ2) is 6.39. The van der Waals surface area contributed by atoms with Crippen LogP contribution < -0.4 is 0 Å². The fraction of sp³-hybridized carbons (Fsp3) is 0.500. The number of aliphatic hydroxyl groups excluding tert-OH is 1. The van der Waals surface area contributed by atoms with E-state index in [1.165, 1.54) is 4.90 Å². The number of carboxylic acid groups (broad SMARTS) is 1. The number of hydrogen-bond acceptors (Lipinski definition) is 2. The lowest BCUT2D eigenvalue weighted by Crippen LogP contribution is -2.53. The molecule has 1 atom stereocenters. The van der Waals surface area contributed by atoms with Gasteiger partial charge in [0.25, 0.3) is 0 Å². The monoisotopic (exact) mass is 329 g/mol. The van der Waals surface area contributed by atoms with Gasteiger partial charge in [-0.3, -0.25) is 4.90 Å². The molecule has 0 aromatic heterocycles. The number of rotatable bonds is 4. The van der Waals surface area contributed by atoms with E-state index < -0.39 is 17.7 Å². The van der Waals surface area contributed by atoms with Crippen LogP contribution in [0.1, 0.15) is 26.3 Å². The Kier molecular flexibility index (Phi) is 5.38. The zero-order chi connectivity index (χ0) is 14.6. The maximum Gasteiger partial charge on any atom is 0.408 e. The Labute approximate surface area is 122 Å². The summed E-state index contributed by atoms with van der Waals surface area (Å²) < 4.78 is 0.975. The summed E-state index contributed by atoms with van der Waals surface area (Å²) in [4.78, 5) is 12.7. The predicted octanol–water partition coefficient (Wildman–Crippen LogP) is 3.13. The molecule has 0 unspecified atom stereocenters. The van der Waals surface area contributed by atoms with E-state index in [9.17, 15) is 15.0 Å². The number of hydrogen-bond donors (Lipinski definition) is 2. The molecule has 1 aromatic rings. The standard InChI is InChI=1S/C14H20BrNO3/c1-14(2,3)16(13(18)19)12(9-17)8-10-4-6-11(15)7-5-10/h4-7,12,17H,8-9H2,1-3H3,(H,18,19)/t12-/m0/s1. The van der Waals surface area contributed by atoms with Crippen LogP contribution >= 0.6 is 15.9 Å². The highest BCUT2D eigenvalue weighted by molar-refractivity contribution is 9.10. The minimum Gasteiger partial charge on any atom is -0.465 e. The van der Waals surface area contributed by atoms with Crippen molar-refractivity contribution in [2.24, 2.45) is 0 Å². The third-order valence-corrected chi connectivity index (χ3v) is 3.42. The van der Waals surface area contributed by atoms with Crippen molar-refractivity contribution in [2.45, 2.75) is 38.8 Å². The van der Waals surface area contributed by atoms with Gasteiger partial charge in [0.15, 0.2) is 0 Å². The summed E-state index contributed by atoms with van der Waals surface area (Å²) in [6, 6.07) is 7.22. The van der Waals surface area contributed by atoms with Crippen LogP contribution in [0.2, 0.25) is 0 Å². The van der Waals surface area contributed by atoms with Gasteiger partial charge in [-0.2, -0.15) is 0 Å². The topological polar surface area (TPSA) is 60.8 Å². The molecular weight excluding hydrogens is 310 g/mol. The van der Waals surface area contributed by atoms with Crippen LogP contribution in [0.5, 0.6) is 0 Å². The molecule has 1 aromatic carbocycles. The largest absolute Gasteiger partial charge is 0.465 e. The van der Waals surface area contributed by atoms with Crippen LogP contribution in [-0.4, -0.2) is 39.4 Å². The molecule has 0 heterocycles. The lowest BCUT2D eigenvalue weighted by molar-refractivity contribution is 0.0465. The number of nitrogens with zero attached hydrogens (tertiary/aromatic N) is 1. The molecule has 1 amide bonds. The summed E-state index contributed by atoms with van der Waals surface area (Å²) in [6.07, 6.45) is -0.517. The highest BCUT2D eigenvalue weighted by Gasteiger charge is 2.32. The van der Waals surface area contributed by atoms with Crippen LogP contribution in [0.25, 0.3) is 0 Å². The number of carbonyl (C=O) groups is 1. The molecular formula is C14H20BrNO3. The van der Waals surface area contributed by atoms with Gasteiger partial charge in [0.2, 0.25) is 0 Å². The van der Waals surface area contributed by atoms with Gasteiger partial charge in [-0.05, 0) is 44.9 Å². The molecule has 0 radical (unpaired) electrons. The maximum absolute atomic E-state index is 11.4. The molecule has 2 N–H and O–H groups in total. The van der Waals surface area contributed by atoms with Crippen LogP contribution in [0, 0.1) is 0 Å². The molecule has 0 saturated carbocycles. The first kappa shape index (κ1) is 16.0. The van der Waals surface area contributed by atoms with Crippen LogP contribution in [0.15, 0.2) is 28.7 Å². The first-order valence-electron chi connectivity index (χ1n) is 6.13. The smallest absolute Gasteiger partial charge is 0.408 e. The van der Waals surface area contributed by atoms with Crippen LogP contribution in [-0.2, 0) is 6.42 Å². The number of aliphatic hydroxyl groups is 1. The summed E-state index contributed by atoms with van der Waals surface area (Å²) in [5, 5.41) is 18.9. The Hall–Kier alpha value is -1.07. The van der Waals surface area contributed by atoms with Crippen LogP contribution in [0.4, 0.5) is 4.79 Å². The zero-order valence-electron chi connectivity index (χ0n) is 11.4. The van der Waals surface area contributed by atoms with E-state index in [-0.39, 0.29) is 6.61 Å². The normalized spacial score (nSPS) is 13.1. The quantitative estimate of drug-likeness (QED) is 0.892. The summed E-state index contributed by atoms with van der Waals surface area (Å²) in [5.41, 5.74) is 0.451. The molecule has 0 spiro atoms. The van der Waals surface area contributed by atoms with E-state index in [2.05, 4.69) is 15.9 Å². The average Bonchev–Trinajstić information content (AvgIpc) is 2.28. The highest BCUT2D eigenvalue weighted by atomic mass is 79.9. The molecule has 0 fully saturated rings. The first-order valence-corrected chi connectivity index (χ1v) is 6.92. The lowest BCUT2D eigenvalue weighted by Gasteiger charge is -2.39. The summed E-state index contributed by atoms with van der Waals surface area (Å²) >= 11 is 3.36. The second-order valence-corrected chi connectivity index (χ2v) is 6.41. The van der Waals surface area contributed by atoms with Crippen molar-refractivity contribution in [1.29, 1.82) is 0 Å². The zero-order valence-corrected chi connectivity index (χ0v) is 13.0. The minimum atomic E-state index is -1.01. The third kappa shape index (κ3) is 4.51. The number of halogens is 1. The maximum atomic E-state index is 11.4. The van der Waals surface area contributed by atoms with Gasteiger partial charge in [-0.25, -0.2) is 4.79 Å². The van der Waals surface area contributed by atoms with E-state index in [0.717, 1.165) is 10.0 Å². The number of benzene rings is 1. The van der Waals surface area contributed by atoms with E-state index in [1.807, 2.05) is 45.0 Å². The summed E-state index contributed by atoms with van der Waals surface area (Å²) in [5.74, 6) is 0. The van der Waals surface area contributed by atoms with E-state index in [1.54, 1.807) is 0 Å². The Balaban J connectivity index is 2.92. The Morgan fingerprint density at radius 2 is 1.84 bits per heavy atom. The van der Waals surface area contributed by atoms with E-state index in [4.69, 9.17) is 0 Å². The lowest BCUT2D eigenvalue weighted by atomic mass is 9.99. The van der Waals surface area contributed by atoms with Gasteiger partial charge in [0, 0.05) is 10.0 Å². The molecule has 1 rings (SSSR count). The van der Waals surface area contributed by atoms with Crippen molar-refractivity contribution >= 4 is 22.0 Å². The summed E-state index contributed by atoms with van der Waals surface area (Å²) in [6.45, 7) is 5.28.